The normalized spacial score (nSPS) is 17.8. The number of carboxylic acid groups (broad SMARTS) is 1. The van der Waals surface area contributed by atoms with Crippen LogP contribution in [0.5, 0.6) is 0 Å². The number of nitrogens with one attached hydrogen (secondary N) is 2. The van der Waals surface area contributed by atoms with Gasteiger partial charge in [0.05, 0.1) is 5.92 Å². The number of benzene rings is 1. The second kappa shape index (κ2) is 20.2. The van der Waals surface area contributed by atoms with Gasteiger partial charge in [0, 0.05) is 51.3 Å². The van der Waals surface area contributed by atoms with Crippen LogP contribution >= 0.6 is 11.3 Å². The molecule has 0 saturated carbocycles. The molecular formula is C39H57N5O8S. The maximum atomic E-state index is 14.2. The molecule has 3 N–H and O–H groups in total. The van der Waals surface area contributed by atoms with Crippen LogP contribution in [0.25, 0.3) is 0 Å². The Morgan fingerprint density at radius 1 is 1.02 bits per heavy atom. The molecule has 53 heavy (non-hydrogen) atoms. The summed E-state index contributed by atoms with van der Waals surface area (Å²) in [4.78, 5) is 85.3. The number of ether oxygens (including phenoxy) is 1. The minimum Gasteiger partial charge on any atom is -0.481 e. The molecule has 4 amide bonds. The van der Waals surface area contributed by atoms with E-state index in [1.165, 1.54) is 13.8 Å². The smallest absolute Gasteiger partial charge is 0.306 e. The third-order valence-electron chi connectivity index (χ3n) is 10.1. The van der Waals surface area contributed by atoms with Crippen molar-refractivity contribution >= 4 is 46.9 Å². The maximum absolute atomic E-state index is 14.2. The zero-order chi connectivity index (χ0) is 39.4. The Kier molecular flexibility index (Phi) is 16.4. The first-order valence-electron chi connectivity index (χ1n) is 18.6. The molecule has 7 atom stereocenters. The lowest BCUT2D eigenvalue weighted by Gasteiger charge is -2.38. The first kappa shape index (κ1) is 43.1. The van der Waals surface area contributed by atoms with Gasteiger partial charge in [-0.15, -0.1) is 11.3 Å². The van der Waals surface area contributed by atoms with Gasteiger partial charge in [0.25, 0.3) is 5.91 Å². The lowest BCUT2D eigenvalue weighted by atomic mass is 9.92. The van der Waals surface area contributed by atoms with Crippen LogP contribution in [0.1, 0.15) is 114 Å². The number of likely N-dealkylation sites (tertiary alicyclic amines) is 1. The van der Waals surface area contributed by atoms with E-state index in [9.17, 15) is 33.9 Å². The summed E-state index contributed by atoms with van der Waals surface area (Å²) in [7, 11) is 1.67. The topological polar surface area (TPSA) is 175 Å². The van der Waals surface area contributed by atoms with E-state index in [1.54, 1.807) is 29.2 Å². The molecule has 1 fully saturated rings. The molecule has 3 rings (SSSR count). The number of carbonyl (C=O) groups excluding carboxylic acids is 5. The minimum absolute atomic E-state index is 0.0976. The number of hydrogen-bond donors (Lipinski definition) is 3. The van der Waals surface area contributed by atoms with Crippen molar-refractivity contribution in [2.24, 2.45) is 17.8 Å². The maximum Gasteiger partial charge on any atom is 0.306 e. The van der Waals surface area contributed by atoms with E-state index in [4.69, 9.17) is 4.74 Å². The summed E-state index contributed by atoms with van der Waals surface area (Å²) in [5.74, 6) is -3.79. The quantitative estimate of drug-likeness (QED) is 0.177. The predicted octanol–water partition coefficient (Wildman–Crippen LogP) is 5.00. The van der Waals surface area contributed by atoms with Crippen LogP contribution in [-0.2, 0) is 35.1 Å². The fourth-order valence-electron chi connectivity index (χ4n) is 6.81. The SMILES string of the molecule is CC[C@H](C)[C@H](NC(=O)[C@H]1CCCCN1C(C)=O)C(=O)N(C)[C@H](C[C@@H](OC(C)=O)c1nc(C(=O)N[C@@H](Cc2ccccc2)C[C@H](C)C(=O)O)cs1)C(C)C. The van der Waals surface area contributed by atoms with Gasteiger partial charge in [-0.3, -0.25) is 28.8 Å². The molecule has 1 aliphatic heterocycles. The Morgan fingerprint density at radius 3 is 2.28 bits per heavy atom. The van der Waals surface area contributed by atoms with E-state index in [0.717, 1.165) is 29.7 Å². The summed E-state index contributed by atoms with van der Waals surface area (Å²) >= 11 is 1.16. The number of carboxylic acids is 1. The largest absolute Gasteiger partial charge is 0.481 e. The van der Waals surface area contributed by atoms with Crippen molar-refractivity contribution in [1.29, 1.82) is 0 Å². The standard InChI is InChI=1S/C39H57N5O8S/c1-9-24(4)34(42-36(48)31-17-13-14-18-44(31)26(6)45)38(49)43(8)32(23(2)3)21-33(52-27(7)46)37-41-30(22-53-37)35(47)40-29(19-25(5)39(50)51)20-28-15-11-10-12-16-28/h10-12,15-16,22-25,29,31-34H,9,13-14,17-21H2,1-8H3,(H,40,47)(H,42,48)(H,50,51)/t24-,25-,29+,31+,32+,33+,34-/m0/s1. The number of amides is 4. The first-order valence-corrected chi connectivity index (χ1v) is 19.5. The predicted molar refractivity (Wildman–Crippen MR) is 202 cm³/mol. The van der Waals surface area contributed by atoms with Gasteiger partial charge in [-0.1, -0.05) is 71.4 Å². The average molecular weight is 756 g/mol. The molecule has 0 spiro atoms. The van der Waals surface area contributed by atoms with Crippen LogP contribution in [0.3, 0.4) is 0 Å². The van der Waals surface area contributed by atoms with Crippen LogP contribution in [0.2, 0.25) is 0 Å². The van der Waals surface area contributed by atoms with Gasteiger partial charge in [-0.25, -0.2) is 4.98 Å². The molecule has 1 saturated heterocycles. The Labute approximate surface area is 317 Å². The van der Waals surface area contributed by atoms with Crippen molar-refractivity contribution in [1.82, 2.24) is 25.4 Å². The third-order valence-corrected chi connectivity index (χ3v) is 11.1. The highest BCUT2D eigenvalue weighted by molar-refractivity contribution is 7.09. The highest BCUT2D eigenvalue weighted by atomic mass is 32.1. The van der Waals surface area contributed by atoms with Gasteiger partial charge in [-0.05, 0) is 49.5 Å². The minimum atomic E-state index is -0.956. The van der Waals surface area contributed by atoms with Crippen molar-refractivity contribution < 1.29 is 38.6 Å². The number of likely N-dealkylation sites (N-methyl/N-ethyl adjacent to an activating group) is 1. The lowest BCUT2D eigenvalue weighted by Crippen LogP contribution is -2.59. The van der Waals surface area contributed by atoms with Crippen molar-refractivity contribution in [3.63, 3.8) is 0 Å². The molecule has 13 nitrogen and oxygen atoms in total. The van der Waals surface area contributed by atoms with Crippen LogP contribution < -0.4 is 10.6 Å². The number of rotatable bonds is 18. The van der Waals surface area contributed by atoms with E-state index >= 15 is 0 Å². The number of thiazole rings is 1. The summed E-state index contributed by atoms with van der Waals surface area (Å²) in [5.41, 5.74) is 1.06. The van der Waals surface area contributed by atoms with E-state index in [1.807, 2.05) is 58.0 Å². The van der Waals surface area contributed by atoms with Gasteiger partial charge >= 0.3 is 11.9 Å². The van der Waals surface area contributed by atoms with Crippen LogP contribution in [0.15, 0.2) is 35.7 Å². The fourth-order valence-corrected chi connectivity index (χ4v) is 7.65. The van der Waals surface area contributed by atoms with Crippen LogP contribution in [0, 0.1) is 17.8 Å². The van der Waals surface area contributed by atoms with Crippen molar-refractivity contribution in [2.45, 2.75) is 124 Å². The molecule has 0 aliphatic carbocycles. The molecule has 292 valence electrons. The van der Waals surface area contributed by atoms with Gasteiger partial charge in [-0.2, -0.15) is 0 Å². The fraction of sp³-hybridized carbons (Fsp3) is 0.615. The Bertz CT molecular complexity index is 1570. The molecule has 1 aliphatic rings. The summed E-state index contributed by atoms with van der Waals surface area (Å²) < 4.78 is 5.75. The number of nitrogens with zero attached hydrogens (tertiary/aromatic N) is 3. The third kappa shape index (κ3) is 12.4. The van der Waals surface area contributed by atoms with E-state index in [0.29, 0.717) is 30.8 Å². The highest BCUT2D eigenvalue weighted by Gasteiger charge is 2.38. The first-order chi connectivity index (χ1) is 25.0. The highest BCUT2D eigenvalue weighted by Crippen LogP contribution is 2.31. The zero-order valence-electron chi connectivity index (χ0n) is 32.3. The van der Waals surface area contributed by atoms with E-state index in [2.05, 4.69) is 15.6 Å². The van der Waals surface area contributed by atoms with Crippen molar-refractivity contribution in [3.05, 3.63) is 52.0 Å². The Hall–Kier alpha value is -4.33. The summed E-state index contributed by atoms with van der Waals surface area (Å²) in [6.45, 7) is 12.6. The molecule has 0 radical (unpaired) electrons. The summed E-state index contributed by atoms with van der Waals surface area (Å²) in [6, 6.07) is 7.08. The second-order valence-electron chi connectivity index (χ2n) is 14.6. The molecule has 1 aromatic heterocycles. The lowest BCUT2D eigenvalue weighted by molar-refractivity contribution is -0.149. The molecule has 2 aromatic rings. The number of carbonyl (C=O) groups is 6. The number of esters is 1. The van der Waals surface area contributed by atoms with Crippen molar-refractivity contribution in [3.8, 4) is 0 Å². The summed E-state index contributed by atoms with van der Waals surface area (Å²) in [5, 5.41) is 17.4. The van der Waals surface area contributed by atoms with Gasteiger partial charge < -0.3 is 30.3 Å². The van der Waals surface area contributed by atoms with Gasteiger partial charge in [0.1, 0.15) is 22.8 Å². The molecule has 0 unspecified atom stereocenters. The average Bonchev–Trinajstić information content (AvgIpc) is 3.62. The molecule has 2 heterocycles. The second-order valence-corrected chi connectivity index (χ2v) is 15.5. The van der Waals surface area contributed by atoms with Gasteiger partial charge in [0.15, 0.2) is 6.10 Å². The number of aromatic nitrogens is 1. The number of aliphatic carboxylic acids is 1. The van der Waals surface area contributed by atoms with E-state index in [-0.39, 0.29) is 48.1 Å². The molecular weight excluding hydrogens is 699 g/mol. The van der Waals surface area contributed by atoms with Crippen LogP contribution in [-0.4, -0.2) is 93.2 Å². The van der Waals surface area contributed by atoms with E-state index < -0.39 is 54.0 Å². The number of piperidine rings is 1. The molecule has 14 heteroatoms. The number of hydrogen-bond acceptors (Lipinski definition) is 9. The molecule has 0 bridgehead atoms. The summed E-state index contributed by atoms with van der Waals surface area (Å²) in [6.07, 6.45) is 2.75. The Morgan fingerprint density at radius 2 is 1.70 bits per heavy atom. The monoisotopic (exact) mass is 755 g/mol. The van der Waals surface area contributed by atoms with Crippen molar-refractivity contribution in [2.75, 3.05) is 13.6 Å². The van der Waals surface area contributed by atoms with Gasteiger partial charge in [0.2, 0.25) is 17.7 Å². The van der Waals surface area contributed by atoms with Crippen LogP contribution in [0.4, 0.5) is 0 Å². The molecule has 1 aromatic carbocycles. The zero-order valence-corrected chi connectivity index (χ0v) is 33.1. The Balaban J connectivity index is 1.82.